The molecule has 20 rings (SSSR count). The SMILES string of the molecule is c1cnc2c(c1)ccc1ccc(-c3ccc(-c4ccc5cc(-c6ccc7ccc(-c8cnccn8)nc7c6)ccc5n4)c4ccccc34)nc12.c1cnc2c(c1)ccc1ccc(-c3ccc4cc(-c5ccc6cc(-c7ccc8ccc(-c9cnccn9)nc8c7)ccc6n5)ccc4c3)nc12. The third-order valence-electron chi connectivity index (χ3n) is 18.9. The molecule has 0 N–H and O–H groups in total. The van der Waals surface area contributed by atoms with Crippen LogP contribution in [0.25, 0.3) is 199 Å². The molecule has 0 atom stereocenters. The largest absolute Gasteiger partial charge is 0.261 e. The zero-order valence-corrected chi connectivity index (χ0v) is 53.4. The first-order valence-electron chi connectivity index (χ1n) is 33.0. The number of aromatic nitrogens is 12. The van der Waals surface area contributed by atoms with E-state index in [2.05, 4.69) is 273 Å². The molecule has 0 aliphatic heterocycles. The summed E-state index contributed by atoms with van der Waals surface area (Å²) >= 11 is 0. The van der Waals surface area contributed by atoms with Gasteiger partial charge < -0.3 is 0 Å². The number of hydrogen-bond donors (Lipinski definition) is 0. The van der Waals surface area contributed by atoms with Crippen LogP contribution >= 0.6 is 0 Å². The Balaban J connectivity index is 0.000000139. The van der Waals surface area contributed by atoms with Crippen LogP contribution in [0.15, 0.2) is 316 Å². The fourth-order valence-corrected chi connectivity index (χ4v) is 13.7. The summed E-state index contributed by atoms with van der Waals surface area (Å²) in [6, 6.07) is 93.2. The number of nitrogens with zero attached hydrogens (tertiary/aromatic N) is 12. The second-order valence-electron chi connectivity index (χ2n) is 24.9. The van der Waals surface area contributed by atoms with Gasteiger partial charge >= 0.3 is 0 Å². The predicted molar refractivity (Wildman–Crippen MR) is 405 cm³/mol. The molecule has 0 aliphatic carbocycles. The number of hydrogen-bond acceptors (Lipinski definition) is 12. The molecule has 12 nitrogen and oxygen atoms in total. The molecule has 0 amide bonds. The predicted octanol–water partition coefficient (Wildman–Crippen LogP) is 21.0. The minimum Gasteiger partial charge on any atom is -0.261 e. The fraction of sp³-hybridized carbons (Fsp3) is 0. The van der Waals surface area contributed by atoms with Gasteiger partial charge in [0, 0.05) is 103 Å². The molecule has 12 heteroatoms. The summed E-state index contributed by atoms with van der Waals surface area (Å²) in [4.78, 5) is 56.7. The van der Waals surface area contributed by atoms with Gasteiger partial charge in [0.25, 0.3) is 0 Å². The Labute approximate surface area is 571 Å². The summed E-state index contributed by atoms with van der Waals surface area (Å²) in [5.74, 6) is 0. The Kier molecular flexibility index (Phi) is 13.9. The van der Waals surface area contributed by atoms with E-state index in [9.17, 15) is 0 Å². The summed E-state index contributed by atoms with van der Waals surface area (Å²) in [5, 5.41) is 13.2. The highest BCUT2D eigenvalue weighted by atomic mass is 14.8. The van der Waals surface area contributed by atoms with Crippen molar-refractivity contribution in [3.8, 4) is 90.1 Å². The van der Waals surface area contributed by atoms with Crippen LogP contribution in [0, 0.1) is 0 Å². The molecule has 0 saturated heterocycles. The van der Waals surface area contributed by atoms with E-state index in [0.29, 0.717) is 0 Å². The van der Waals surface area contributed by atoms with Crippen molar-refractivity contribution >= 4 is 109 Å². The maximum Gasteiger partial charge on any atom is 0.107 e. The Morgan fingerprint density at radius 2 is 0.540 bits per heavy atom. The fourth-order valence-electron chi connectivity index (χ4n) is 13.7. The molecular formula is C88H52N12. The zero-order valence-electron chi connectivity index (χ0n) is 53.4. The van der Waals surface area contributed by atoms with Crippen LogP contribution in [0.2, 0.25) is 0 Å². The van der Waals surface area contributed by atoms with Gasteiger partial charge in [-0.2, -0.15) is 0 Å². The highest BCUT2D eigenvalue weighted by molar-refractivity contribution is 6.08. The van der Waals surface area contributed by atoms with Crippen LogP contribution in [0.4, 0.5) is 0 Å². The zero-order chi connectivity index (χ0) is 66.0. The van der Waals surface area contributed by atoms with Crippen molar-refractivity contribution in [3.05, 3.63) is 316 Å². The molecule has 0 saturated carbocycles. The average Bonchev–Trinajstić information content (AvgIpc) is 0.768. The first-order chi connectivity index (χ1) is 49.5. The molecule has 0 radical (unpaired) electrons. The van der Waals surface area contributed by atoms with E-state index in [4.69, 9.17) is 29.9 Å². The lowest BCUT2D eigenvalue weighted by molar-refractivity contribution is 1.19. The number of rotatable bonds is 8. The van der Waals surface area contributed by atoms with Gasteiger partial charge in [0.1, 0.15) is 11.4 Å². The quantitative estimate of drug-likeness (QED) is 0.133. The van der Waals surface area contributed by atoms with Crippen LogP contribution in [-0.2, 0) is 0 Å². The van der Waals surface area contributed by atoms with Gasteiger partial charge in [-0.15, -0.1) is 0 Å². The topological polar surface area (TPSA) is 155 Å². The smallest absolute Gasteiger partial charge is 0.107 e. The van der Waals surface area contributed by atoms with Crippen molar-refractivity contribution in [2.75, 3.05) is 0 Å². The van der Waals surface area contributed by atoms with Gasteiger partial charge in [0.05, 0.1) is 90.7 Å². The lowest BCUT2D eigenvalue weighted by atomic mass is 9.95. The number of pyridine rings is 8. The molecule has 20 aromatic rings. The highest BCUT2D eigenvalue weighted by Gasteiger charge is 2.17. The second kappa shape index (κ2) is 24.1. The van der Waals surface area contributed by atoms with Crippen LogP contribution in [0.3, 0.4) is 0 Å². The van der Waals surface area contributed by atoms with Crippen LogP contribution in [-0.4, -0.2) is 59.8 Å². The maximum atomic E-state index is 5.15. The molecule has 0 bridgehead atoms. The van der Waals surface area contributed by atoms with E-state index in [1.165, 1.54) is 0 Å². The monoisotopic (exact) mass is 1280 g/mol. The normalized spacial score (nSPS) is 11.6. The Hall–Kier alpha value is -13.8. The highest BCUT2D eigenvalue weighted by Crippen LogP contribution is 2.39. The standard InChI is InChI=1S/2C44H26N6/c1-2-28-4-5-29-12-15-39(50-44(29)43(28)47-19-1)35-10-8-30-22-34(9-7-31(30)23-35)38-17-14-36-24-32(13-16-37(36)48-38)33-6-3-27-11-18-40(49-41(27)25-33)42-26-45-20-21-46-42;1-2-6-34-33(5-1)35(15-16-36(34)39-18-12-29-9-8-28-4-3-21-47-43(28)44(29)50-39)38-19-14-32-24-30(13-17-37(32)48-38)31-10-7-27-11-20-40(49-41(27)25-31)42-26-45-22-23-46-42/h2*1-26H. The second-order valence-corrected chi connectivity index (χ2v) is 24.9. The van der Waals surface area contributed by atoms with Crippen molar-refractivity contribution in [2.24, 2.45) is 0 Å². The lowest BCUT2D eigenvalue weighted by Crippen LogP contribution is -1.92. The van der Waals surface area contributed by atoms with Gasteiger partial charge in [-0.3, -0.25) is 29.9 Å². The molecule has 0 unspecified atom stereocenters. The molecule has 100 heavy (non-hydrogen) atoms. The Bertz CT molecular complexity index is 6690. The summed E-state index contributed by atoms with van der Waals surface area (Å²) in [7, 11) is 0. The van der Waals surface area contributed by atoms with Gasteiger partial charge in [-0.25, -0.2) is 29.9 Å². The summed E-state index contributed by atoms with van der Waals surface area (Å²) in [6.07, 6.45) is 13.8. The molecule has 0 aliphatic rings. The third-order valence-corrected chi connectivity index (χ3v) is 18.9. The van der Waals surface area contributed by atoms with Crippen molar-refractivity contribution in [3.63, 3.8) is 0 Å². The minimum atomic E-state index is 0.756. The third kappa shape index (κ3) is 10.6. The first kappa shape index (κ1) is 57.6. The van der Waals surface area contributed by atoms with Crippen molar-refractivity contribution in [1.82, 2.24) is 59.8 Å². The average molecular weight is 1280 g/mol. The van der Waals surface area contributed by atoms with Crippen molar-refractivity contribution in [1.29, 1.82) is 0 Å². The molecule has 0 fully saturated rings. The van der Waals surface area contributed by atoms with Gasteiger partial charge in [0.2, 0.25) is 0 Å². The Morgan fingerprint density at radius 1 is 0.180 bits per heavy atom. The molecular weight excluding hydrogens is 1230 g/mol. The molecule has 0 spiro atoms. The first-order valence-corrected chi connectivity index (χ1v) is 33.0. The molecule has 10 aromatic carbocycles. The number of fused-ring (bicyclic) bond motifs is 12. The molecule has 464 valence electrons. The van der Waals surface area contributed by atoms with E-state index >= 15 is 0 Å². The van der Waals surface area contributed by atoms with Crippen LogP contribution in [0.5, 0.6) is 0 Å². The van der Waals surface area contributed by atoms with E-state index in [0.717, 1.165) is 199 Å². The van der Waals surface area contributed by atoms with Crippen LogP contribution in [0.1, 0.15) is 0 Å². The van der Waals surface area contributed by atoms with Gasteiger partial charge in [0.15, 0.2) is 0 Å². The van der Waals surface area contributed by atoms with Crippen LogP contribution < -0.4 is 0 Å². The summed E-state index contributed by atoms with van der Waals surface area (Å²) < 4.78 is 0. The molecule has 10 heterocycles. The lowest BCUT2D eigenvalue weighted by Gasteiger charge is -2.13. The van der Waals surface area contributed by atoms with E-state index < -0.39 is 0 Å². The van der Waals surface area contributed by atoms with Crippen molar-refractivity contribution in [2.45, 2.75) is 0 Å². The van der Waals surface area contributed by atoms with Gasteiger partial charge in [-0.05, 0) is 141 Å². The van der Waals surface area contributed by atoms with E-state index in [1.807, 2.05) is 36.7 Å². The summed E-state index contributed by atoms with van der Waals surface area (Å²) in [6.45, 7) is 0. The van der Waals surface area contributed by atoms with Crippen molar-refractivity contribution < 1.29 is 0 Å². The molecule has 10 aromatic heterocycles. The summed E-state index contributed by atoms with van der Waals surface area (Å²) in [5.41, 5.74) is 23.0. The number of benzene rings is 10. The van der Waals surface area contributed by atoms with Gasteiger partial charge in [-0.1, -0.05) is 170 Å². The van der Waals surface area contributed by atoms with E-state index in [-0.39, 0.29) is 0 Å². The Morgan fingerprint density at radius 3 is 1.05 bits per heavy atom. The van der Waals surface area contributed by atoms with E-state index in [1.54, 1.807) is 37.2 Å². The maximum absolute atomic E-state index is 5.15. The minimum absolute atomic E-state index is 0.756.